The number of benzene rings is 4. The van der Waals surface area contributed by atoms with Crippen LogP contribution >= 0.6 is 11.3 Å². The van der Waals surface area contributed by atoms with Crippen molar-refractivity contribution in [2.24, 2.45) is 0 Å². The summed E-state index contributed by atoms with van der Waals surface area (Å²) >= 11 is 1.99. The second-order valence-electron chi connectivity index (χ2n) is 10.7. The van der Waals surface area contributed by atoms with Crippen molar-refractivity contribution in [3.8, 4) is 0 Å². The number of fused-ring (bicyclic) bond motifs is 9. The lowest BCUT2D eigenvalue weighted by molar-refractivity contribution is 0.402. The Kier molecular flexibility index (Phi) is 3.85. The Morgan fingerprint density at radius 3 is 2.47 bits per heavy atom. The molecule has 4 heteroatoms. The van der Waals surface area contributed by atoms with E-state index in [-0.39, 0.29) is 6.71 Å². The Balaban J connectivity index is 1.41. The maximum atomic E-state index is 2.77. The van der Waals surface area contributed by atoms with Gasteiger partial charge in [-0.15, -0.1) is 11.3 Å². The lowest BCUT2D eigenvalue weighted by atomic mass is 9.36. The lowest BCUT2D eigenvalue weighted by Gasteiger charge is -2.44. The summed E-state index contributed by atoms with van der Waals surface area (Å²) < 4.78 is 2.87. The Morgan fingerprint density at radius 1 is 0.722 bits per heavy atom. The van der Waals surface area contributed by atoms with Crippen LogP contribution in [-0.4, -0.2) is 12.8 Å². The fourth-order valence-corrected chi connectivity index (χ4v) is 9.07. The quantitative estimate of drug-likeness (QED) is 0.242. The second kappa shape index (κ2) is 7.05. The normalized spacial score (nSPS) is 20.7. The summed E-state index contributed by atoms with van der Waals surface area (Å²) in [6.45, 7) is 0.287. The third kappa shape index (κ3) is 2.34. The Labute approximate surface area is 215 Å². The first-order valence-corrected chi connectivity index (χ1v) is 14.1. The summed E-state index contributed by atoms with van der Waals surface area (Å²) in [5.74, 6) is 0.664. The number of rotatable bonds is 1. The molecule has 1 aromatic heterocycles. The lowest BCUT2D eigenvalue weighted by Crippen LogP contribution is -2.61. The van der Waals surface area contributed by atoms with Crippen LogP contribution in [0.15, 0.2) is 91.0 Å². The molecule has 2 unspecified atom stereocenters. The molecule has 0 saturated heterocycles. The molecule has 36 heavy (non-hydrogen) atoms. The van der Waals surface area contributed by atoms with E-state index in [1.54, 1.807) is 5.56 Å². The van der Waals surface area contributed by atoms with Gasteiger partial charge in [0.2, 0.25) is 0 Å². The zero-order valence-electron chi connectivity index (χ0n) is 20.0. The van der Waals surface area contributed by atoms with Gasteiger partial charge >= 0.3 is 0 Å². The summed E-state index contributed by atoms with van der Waals surface area (Å²) in [7, 11) is 0. The molecule has 4 heterocycles. The van der Waals surface area contributed by atoms with E-state index in [1.165, 1.54) is 79.9 Å². The van der Waals surface area contributed by atoms with Crippen LogP contribution in [-0.2, 0) is 0 Å². The highest BCUT2D eigenvalue weighted by Gasteiger charge is 2.50. The Morgan fingerprint density at radius 2 is 1.53 bits per heavy atom. The first kappa shape index (κ1) is 19.7. The van der Waals surface area contributed by atoms with Gasteiger partial charge in [-0.1, -0.05) is 73.5 Å². The Bertz CT molecular complexity index is 1690. The predicted octanol–water partition coefficient (Wildman–Crippen LogP) is 6.69. The zero-order valence-corrected chi connectivity index (χ0v) is 20.8. The predicted molar refractivity (Wildman–Crippen MR) is 155 cm³/mol. The van der Waals surface area contributed by atoms with Crippen molar-refractivity contribution in [3.05, 3.63) is 96.6 Å². The molecule has 9 rings (SSSR count). The average molecular weight is 480 g/mol. The molecule has 5 aromatic rings. The van der Waals surface area contributed by atoms with E-state index in [2.05, 4.69) is 101 Å². The van der Waals surface area contributed by atoms with Crippen molar-refractivity contribution in [1.29, 1.82) is 0 Å². The van der Waals surface area contributed by atoms with Crippen LogP contribution in [0.1, 0.15) is 37.2 Å². The van der Waals surface area contributed by atoms with E-state index in [0.29, 0.717) is 12.0 Å². The maximum Gasteiger partial charge on any atom is 0.264 e. The van der Waals surface area contributed by atoms with Gasteiger partial charge in [-0.25, -0.2) is 0 Å². The molecule has 3 aliphatic heterocycles. The average Bonchev–Trinajstić information content (AvgIpc) is 3.49. The summed E-state index contributed by atoms with van der Waals surface area (Å²) in [6.07, 6.45) is 5.32. The van der Waals surface area contributed by atoms with Gasteiger partial charge in [0.1, 0.15) is 0 Å². The standard InChI is InChI=1S/C32H25BN2S/c1-2-10-20(11-3-1)34-26-17-9-18-27-29(26)33(32-31(34)23-13-5-7-19-28(23)36-32)24-15-8-14-22-21-12-4-6-16-25(21)35(27)30(22)24/h1-3,5,7-11,13-15,17-19,21,25H,4,6,12,16H2. The third-order valence-electron chi connectivity index (χ3n) is 9.06. The van der Waals surface area contributed by atoms with Gasteiger partial charge in [0.25, 0.3) is 6.71 Å². The minimum atomic E-state index is 0.287. The number of hydrogen-bond acceptors (Lipinski definition) is 3. The molecule has 0 spiro atoms. The number of hydrogen-bond donors (Lipinski definition) is 0. The molecule has 1 aliphatic carbocycles. The molecule has 1 fully saturated rings. The smallest absolute Gasteiger partial charge is 0.264 e. The first-order valence-electron chi connectivity index (χ1n) is 13.3. The third-order valence-corrected chi connectivity index (χ3v) is 10.3. The number of anilines is 5. The van der Waals surface area contributed by atoms with Crippen molar-refractivity contribution in [1.82, 2.24) is 0 Å². The van der Waals surface area contributed by atoms with Crippen LogP contribution in [0.5, 0.6) is 0 Å². The van der Waals surface area contributed by atoms with Gasteiger partial charge in [-0.2, -0.15) is 0 Å². The largest absolute Gasteiger partial charge is 0.338 e. The molecule has 0 radical (unpaired) electrons. The maximum absolute atomic E-state index is 2.77. The minimum absolute atomic E-state index is 0.287. The minimum Gasteiger partial charge on any atom is -0.338 e. The molecule has 4 aliphatic rings. The van der Waals surface area contributed by atoms with Crippen LogP contribution < -0.4 is 25.5 Å². The van der Waals surface area contributed by atoms with E-state index in [0.717, 1.165) is 0 Å². The number of para-hydroxylation sites is 2. The van der Waals surface area contributed by atoms with Crippen LogP contribution in [0.25, 0.3) is 10.1 Å². The van der Waals surface area contributed by atoms with E-state index < -0.39 is 0 Å². The zero-order chi connectivity index (χ0) is 23.4. The molecular weight excluding hydrogens is 455 g/mol. The van der Waals surface area contributed by atoms with Crippen LogP contribution in [0.4, 0.5) is 28.4 Å². The SMILES string of the molecule is c1ccc(N2c3cccc4c3B(c3cccc5c3N4C3CCCCC53)c3sc4ccccc4c32)cc1. The summed E-state index contributed by atoms with van der Waals surface area (Å²) in [6, 6.07) is 34.8. The molecular formula is C32H25BN2S. The van der Waals surface area contributed by atoms with Gasteiger partial charge in [-0.05, 0) is 59.7 Å². The monoisotopic (exact) mass is 480 g/mol. The van der Waals surface area contributed by atoms with Crippen LogP contribution in [0, 0.1) is 0 Å². The fraction of sp³-hybridized carbons (Fsp3) is 0.188. The topological polar surface area (TPSA) is 6.48 Å². The highest BCUT2D eigenvalue weighted by Crippen LogP contribution is 2.53. The first-order chi connectivity index (χ1) is 17.9. The van der Waals surface area contributed by atoms with Crippen molar-refractivity contribution in [3.63, 3.8) is 0 Å². The summed E-state index contributed by atoms with van der Waals surface area (Å²) in [4.78, 5) is 5.32. The van der Waals surface area contributed by atoms with Crippen molar-refractivity contribution in [2.75, 3.05) is 9.80 Å². The van der Waals surface area contributed by atoms with Gasteiger partial charge in [-0.3, -0.25) is 0 Å². The molecule has 2 nitrogen and oxygen atoms in total. The van der Waals surface area contributed by atoms with Gasteiger partial charge in [0, 0.05) is 49.6 Å². The second-order valence-corrected chi connectivity index (χ2v) is 11.8. The highest BCUT2D eigenvalue weighted by molar-refractivity contribution is 7.33. The summed E-state index contributed by atoms with van der Waals surface area (Å²) in [5, 5.41) is 1.36. The Hall–Kier alpha value is -3.50. The van der Waals surface area contributed by atoms with E-state index in [9.17, 15) is 0 Å². The highest BCUT2D eigenvalue weighted by atomic mass is 32.1. The van der Waals surface area contributed by atoms with E-state index >= 15 is 0 Å². The molecule has 0 amide bonds. The molecule has 172 valence electrons. The fourth-order valence-electron chi connectivity index (χ4n) is 7.75. The van der Waals surface area contributed by atoms with Gasteiger partial charge in [0.05, 0.1) is 5.69 Å². The van der Waals surface area contributed by atoms with Crippen molar-refractivity contribution >= 4 is 72.3 Å². The van der Waals surface area contributed by atoms with Crippen LogP contribution in [0.2, 0.25) is 0 Å². The molecule has 0 bridgehead atoms. The molecule has 4 aromatic carbocycles. The molecule has 1 saturated carbocycles. The number of thiophene rings is 1. The van der Waals surface area contributed by atoms with E-state index in [4.69, 9.17) is 0 Å². The van der Waals surface area contributed by atoms with Crippen molar-refractivity contribution in [2.45, 2.75) is 37.6 Å². The van der Waals surface area contributed by atoms with Gasteiger partial charge < -0.3 is 9.80 Å². The number of nitrogens with zero attached hydrogens (tertiary/aromatic N) is 2. The van der Waals surface area contributed by atoms with Crippen LogP contribution in [0.3, 0.4) is 0 Å². The molecule has 2 atom stereocenters. The summed E-state index contributed by atoms with van der Waals surface area (Å²) in [5.41, 5.74) is 11.5. The van der Waals surface area contributed by atoms with Crippen molar-refractivity contribution < 1.29 is 0 Å². The van der Waals surface area contributed by atoms with Gasteiger partial charge in [0.15, 0.2) is 0 Å². The van der Waals surface area contributed by atoms with E-state index in [1.807, 2.05) is 11.3 Å². The molecule has 0 N–H and O–H groups in total.